The molecule has 4 rings (SSSR count). The quantitative estimate of drug-likeness (QED) is 0.209. The van der Waals surface area contributed by atoms with Gasteiger partial charge in [0.1, 0.15) is 0 Å². The van der Waals surface area contributed by atoms with Gasteiger partial charge in [0.15, 0.2) is 0 Å². The first-order chi connectivity index (χ1) is 13.4. The zero-order chi connectivity index (χ0) is 20.5. The van der Waals surface area contributed by atoms with Gasteiger partial charge in [-0.25, -0.2) is 6.08 Å². The number of allylic oxidation sites excluding steroid dienone is 1. The van der Waals surface area contributed by atoms with E-state index in [1.165, 1.54) is 33.9 Å². The van der Waals surface area contributed by atoms with Crippen LogP contribution in [0.1, 0.15) is 30.5 Å². The van der Waals surface area contributed by atoms with Crippen molar-refractivity contribution in [3.63, 3.8) is 0 Å². The first-order valence-corrected chi connectivity index (χ1v) is 26.4. The molecule has 0 unspecified atom stereocenters. The summed E-state index contributed by atoms with van der Waals surface area (Å²) in [6.45, 7) is 8.87. The van der Waals surface area contributed by atoms with Crippen molar-refractivity contribution >= 4 is 39.5 Å². The minimum absolute atomic E-state index is 0.208. The fourth-order valence-electron chi connectivity index (χ4n) is 2.91. The van der Waals surface area contributed by atoms with Gasteiger partial charge in [-0.2, -0.15) is 11.6 Å². The molecule has 0 heterocycles. The average Bonchev–Trinajstić information content (AvgIpc) is 3.28. The van der Waals surface area contributed by atoms with Crippen LogP contribution in [0.4, 0.5) is 0 Å². The van der Waals surface area contributed by atoms with E-state index in [1.807, 2.05) is 0 Å². The van der Waals surface area contributed by atoms with Crippen LogP contribution in [0.25, 0.3) is 16.8 Å². The van der Waals surface area contributed by atoms with Gasteiger partial charge in [-0.3, -0.25) is 6.08 Å². The summed E-state index contributed by atoms with van der Waals surface area (Å²) in [6, 6.07) is 21.6. The third kappa shape index (κ3) is 8.06. The van der Waals surface area contributed by atoms with Crippen LogP contribution in [0.2, 0.25) is 13.1 Å². The molecule has 28 heavy (non-hydrogen) atoms. The molecule has 0 saturated carbocycles. The summed E-state index contributed by atoms with van der Waals surface area (Å²) in [6.07, 6.45) is 7.40. The van der Waals surface area contributed by atoms with Crippen molar-refractivity contribution in [1.29, 1.82) is 0 Å². The Morgan fingerprint density at radius 3 is 2.32 bits per heavy atom. The Morgan fingerprint density at radius 2 is 1.71 bits per heavy atom. The maximum absolute atomic E-state index is 5.64. The average molecular weight is 594 g/mol. The van der Waals surface area contributed by atoms with Gasteiger partial charge < -0.3 is 0 Å². The SMILES string of the molecule is CC(C)Cc1cc2ccccc2[cH-]1.C[Si](C)=[Hf]([Cl])[Cl].[C-]1=Cc2ccccc2C1. The smallest absolute Gasteiger partial charge is 0.0650 e. The molecule has 4 heteroatoms. The number of hydrogen-bond acceptors (Lipinski definition) is 0. The molecule has 1 aliphatic carbocycles. The van der Waals surface area contributed by atoms with Crippen molar-refractivity contribution < 1.29 is 17.7 Å². The molecule has 0 fully saturated rings. The van der Waals surface area contributed by atoms with E-state index in [9.17, 15) is 0 Å². The van der Waals surface area contributed by atoms with Crippen molar-refractivity contribution in [1.82, 2.24) is 0 Å². The number of hydrogen-bond donors (Lipinski definition) is 0. The monoisotopic (exact) mass is 594 g/mol. The van der Waals surface area contributed by atoms with Crippen LogP contribution in [-0.2, 0) is 30.5 Å². The summed E-state index contributed by atoms with van der Waals surface area (Å²) in [5, 5.41) is 2.75. The van der Waals surface area contributed by atoms with Crippen LogP contribution in [0, 0.1) is 12.0 Å². The van der Waals surface area contributed by atoms with Crippen molar-refractivity contribution in [3.8, 4) is 0 Å². The van der Waals surface area contributed by atoms with Crippen LogP contribution in [-0.4, -0.2) is 5.49 Å². The van der Waals surface area contributed by atoms with Crippen LogP contribution in [0.3, 0.4) is 0 Å². The van der Waals surface area contributed by atoms with Gasteiger partial charge in [-0.15, -0.1) is 58.7 Å². The van der Waals surface area contributed by atoms with E-state index >= 15 is 0 Å². The van der Waals surface area contributed by atoms with Gasteiger partial charge in [0.2, 0.25) is 0 Å². The van der Waals surface area contributed by atoms with Gasteiger partial charge in [-0.1, -0.05) is 38.1 Å². The van der Waals surface area contributed by atoms with Crippen LogP contribution < -0.4 is 0 Å². The fourth-order valence-corrected chi connectivity index (χ4v) is 2.91. The second kappa shape index (κ2) is 12.2. The molecule has 0 spiro atoms. The molecular formula is C24H28Cl2HfSi-2. The number of rotatable bonds is 2. The molecule has 0 radical (unpaired) electrons. The summed E-state index contributed by atoms with van der Waals surface area (Å²) < 4.78 is 0. The third-order valence-electron chi connectivity index (χ3n) is 4.30. The maximum Gasteiger partial charge on any atom is -0.0650 e. The van der Waals surface area contributed by atoms with Gasteiger partial charge in [-0.05, 0) is 12.3 Å². The zero-order valence-electron chi connectivity index (χ0n) is 17.1. The standard InChI is InChI=1S/C13H15.C9H7.C2H6Si.2ClH.Hf/c1-10(2)7-11-8-12-5-3-4-6-13(12)9-11;1-2-5-9-7-3-6-8(9)4-1;1-3-2;;;/h3-6,8-10H,7H2,1-2H3;1-2,4-6H,7H2;1-2H3;2*1H;/q2*-1;;;;+2/p-2. The van der Waals surface area contributed by atoms with Crippen molar-refractivity contribution in [2.75, 3.05) is 0 Å². The molecule has 148 valence electrons. The van der Waals surface area contributed by atoms with Crippen LogP contribution >= 0.6 is 17.2 Å². The molecule has 0 aromatic heterocycles. The Balaban J connectivity index is 0.000000163. The normalized spacial score (nSPS) is 11.4. The van der Waals surface area contributed by atoms with Gasteiger partial charge in [0.05, 0.1) is 0 Å². The van der Waals surface area contributed by atoms with Gasteiger partial charge in [0.25, 0.3) is 0 Å². The van der Waals surface area contributed by atoms with Crippen molar-refractivity contribution in [2.45, 2.75) is 39.8 Å². The molecule has 0 amide bonds. The maximum atomic E-state index is 5.64. The Kier molecular flexibility index (Phi) is 10.4. The molecule has 3 aromatic carbocycles. The number of halogens is 2. The van der Waals surface area contributed by atoms with Crippen LogP contribution in [0.5, 0.6) is 0 Å². The first-order valence-electron chi connectivity index (χ1n) is 9.64. The summed E-state index contributed by atoms with van der Waals surface area (Å²) in [4.78, 5) is 0. The molecule has 0 aliphatic heterocycles. The second-order valence-corrected chi connectivity index (χ2v) is 39.3. The molecular weight excluding hydrogens is 566 g/mol. The molecule has 1 aliphatic rings. The van der Waals surface area contributed by atoms with Gasteiger partial charge >= 0.3 is 53.4 Å². The van der Waals surface area contributed by atoms with E-state index in [4.69, 9.17) is 17.2 Å². The van der Waals surface area contributed by atoms with Gasteiger partial charge in [0, 0.05) is 0 Å². The first kappa shape index (κ1) is 23.7. The summed E-state index contributed by atoms with van der Waals surface area (Å²) in [5.41, 5.74) is 3.99. The summed E-state index contributed by atoms with van der Waals surface area (Å²) >= 11 is -1.78. The molecule has 0 atom stereocenters. The molecule has 3 aromatic rings. The van der Waals surface area contributed by atoms with E-state index in [1.54, 1.807) is 0 Å². The topological polar surface area (TPSA) is 0 Å². The van der Waals surface area contributed by atoms with E-state index in [0.29, 0.717) is 0 Å². The van der Waals surface area contributed by atoms with Crippen LogP contribution in [0.15, 0.2) is 60.7 Å². The van der Waals surface area contributed by atoms with Crippen molar-refractivity contribution in [2.24, 2.45) is 5.92 Å². The summed E-state index contributed by atoms with van der Waals surface area (Å²) in [7, 11) is 11.3. The van der Waals surface area contributed by atoms with E-state index in [-0.39, 0.29) is 5.49 Å². The zero-order valence-corrected chi connectivity index (χ0v) is 23.2. The fraction of sp³-hybridized carbons (Fsp3) is 0.292. The Bertz CT molecular complexity index is 903. The second-order valence-electron chi connectivity index (χ2n) is 7.57. The molecule has 0 bridgehead atoms. The Morgan fingerprint density at radius 1 is 1.07 bits per heavy atom. The minimum Gasteiger partial charge on any atom is -0.272 e. The van der Waals surface area contributed by atoms with E-state index in [2.05, 4.69) is 99.8 Å². The molecule has 0 N–H and O–H groups in total. The number of benzene rings is 2. The number of fused-ring (bicyclic) bond motifs is 2. The molecule has 0 nitrogen and oxygen atoms in total. The molecule has 0 saturated heterocycles. The Labute approximate surface area is 185 Å². The summed E-state index contributed by atoms with van der Waals surface area (Å²) in [5.74, 6) is 0.747. The predicted octanol–water partition coefficient (Wildman–Crippen LogP) is 7.98. The minimum atomic E-state index is -1.78. The van der Waals surface area contributed by atoms with Crippen molar-refractivity contribution in [3.05, 3.63) is 83.4 Å². The largest absolute Gasteiger partial charge is 0.272 e. The predicted molar refractivity (Wildman–Crippen MR) is 125 cm³/mol. The third-order valence-corrected chi connectivity index (χ3v) is 31.8. The van der Waals surface area contributed by atoms with E-state index in [0.717, 1.165) is 12.3 Å². The Hall–Kier alpha value is -0.543. The van der Waals surface area contributed by atoms with E-state index < -0.39 is 17.7 Å².